The molecule has 0 spiro atoms. The van der Waals surface area contributed by atoms with Crippen molar-refractivity contribution in [1.29, 1.82) is 0 Å². The highest BCUT2D eigenvalue weighted by Crippen LogP contribution is 2.20. The number of carbonyl (C=O) groups is 1. The van der Waals surface area contributed by atoms with Crippen molar-refractivity contribution in [2.75, 3.05) is 6.61 Å². The molecule has 0 heterocycles. The predicted octanol–water partition coefficient (Wildman–Crippen LogP) is 3.72. The Labute approximate surface area is 183 Å². The highest BCUT2D eigenvalue weighted by Gasteiger charge is 2.20. The van der Waals surface area contributed by atoms with Gasteiger partial charge in [-0.1, -0.05) is 60.7 Å². The maximum atomic E-state index is 12.4. The van der Waals surface area contributed by atoms with Crippen molar-refractivity contribution in [3.8, 4) is 5.75 Å². The van der Waals surface area contributed by atoms with Crippen LogP contribution in [0.15, 0.2) is 89.8 Å². The zero-order valence-electron chi connectivity index (χ0n) is 17.2. The van der Waals surface area contributed by atoms with E-state index in [9.17, 15) is 13.2 Å². The molecule has 0 aliphatic carbocycles. The Balaban J connectivity index is 1.66. The van der Waals surface area contributed by atoms with Crippen LogP contribution in [0.2, 0.25) is 0 Å². The first-order chi connectivity index (χ1) is 15.0. The third-order valence-electron chi connectivity index (χ3n) is 4.57. The molecule has 6 nitrogen and oxygen atoms in total. The molecule has 0 saturated carbocycles. The molecule has 0 saturated heterocycles. The van der Waals surface area contributed by atoms with Gasteiger partial charge in [-0.3, -0.25) is 4.79 Å². The van der Waals surface area contributed by atoms with Gasteiger partial charge in [0.2, 0.25) is 0 Å². The second-order valence-corrected chi connectivity index (χ2v) is 8.42. The summed E-state index contributed by atoms with van der Waals surface area (Å²) in [5.41, 5.74) is 1.91. The van der Waals surface area contributed by atoms with E-state index in [2.05, 4.69) is 5.32 Å². The Hall–Kier alpha value is -3.16. The molecule has 1 atom stereocenters. The lowest BCUT2D eigenvalue weighted by molar-refractivity contribution is -0.145. The normalized spacial score (nSPS) is 12.2. The van der Waals surface area contributed by atoms with E-state index >= 15 is 0 Å². The molecule has 162 valence electrons. The monoisotopic (exact) mass is 439 g/mol. The Kier molecular flexibility index (Phi) is 7.81. The lowest BCUT2D eigenvalue weighted by atomic mass is 10.1. The van der Waals surface area contributed by atoms with Gasteiger partial charge in [-0.05, 0) is 48.7 Å². The summed E-state index contributed by atoms with van der Waals surface area (Å²) in [7, 11) is -3.90. The van der Waals surface area contributed by atoms with Crippen LogP contribution >= 0.6 is 0 Å². The largest absolute Gasteiger partial charge is 0.465 e. The molecule has 3 aromatic rings. The van der Waals surface area contributed by atoms with E-state index < -0.39 is 16.2 Å². The summed E-state index contributed by atoms with van der Waals surface area (Å²) < 4.78 is 35.1. The molecule has 0 aliphatic heterocycles. The standard InChI is InChI=1S/C24H25NO5S/c1-2-29-24(26)23(25-18-20-9-5-3-6-10-20)17-19-13-15-21(16-14-19)30-31(27,28)22-11-7-4-8-12-22/h3-16,23,25H,2,17-18H2,1H3/t23-/m0/s1. The maximum absolute atomic E-state index is 12.4. The molecule has 1 N–H and O–H groups in total. The lowest BCUT2D eigenvalue weighted by Gasteiger charge is -2.18. The van der Waals surface area contributed by atoms with Crippen LogP contribution in [0.3, 0.4) is 0 Å². The summed E-state index contributed by atoms with van der Waals surface area (Å²) in [6.45, 7) is 2.60. The number of ether oxygens (including phenoxy) is 1. The second kappa shape index (κ2) is 10.7. The molecule has 7 heteroatoms. The van der Waals surface area contributed by atoms with Gasteiger partial charge in [0.15, 0.2) is 0 Å². The van der Waals surface area contributed by atoms with Crippen LogP contribution in [0.4, 0.5) is 0 Å². The van der Waals surface area contributed by atoms with Crippen molar-refractivity contribution >= 4 is 16.1 Å². The van der Waals surface area contributed by atoms with Gasteiger partial charge >= 0.3 is 16.1 Å². The van der Waals surface area contributed by atoms with Gasteiger partial charge in [0.05, 0.1) is 6.61 Å². The van der Waals surface area contributed by atoms with Crippen molar-refractivity contribution in [1.82, 2.24) is 5.32 Å². The zero-order chi connectivity index (χ0) is 22.1. The number of benzene rings is 3. The van der Waals surface area contributed by atoms with Crippen LogP contribution in [0, 0.1) is 0 Å². The van der Waals surface area contributed by atoms with E-state index in [1.165, 1.54) is 12.1 Å². The Morgan fingerprint density at radius 3 is 2.10 bits per heavy atom. The first-order valence-electron chi connectivity index (χ1n) is 10.0. The molecule has 0 radical (unpaired) electrons. The van der Waals surface area contributed by atoms with Crippen molar-refractivity contribution in [3.63, 3.8) is 0 Å². The number of esters is 1. The number of nitrogens with one attached hydrogen (secondary N) is 1. The summed E-state index contributed by atoms with van der Waals surface area (Å²) in [6.07, 6.45) is 0.400. The molecule has 31 heavy (non-hydrogen) atoms. The summed E-state index contributed by atoms with van der Waals surface area (Å²) >= 11 is 0. The SMILES string of the molecule is CCOC(=O)[C@H](Cc1ccc(OS(=O)(=O)c2ccccc2)cc1)NCc1ccccc1. The molecule has 3 rings (SSSR count). The minimum absolute atomic E-state index is 0.0894. The molecule has 3 aromatic carbocycles. The molecule has 0 aliphatic rings. The van der Waals surface area contributed by atoms with Gasteiger partial charge < -0.3 is 14.2 Å². The number of hydrogen-bond acceptors (Lipinski definition) is 6. The quantitative estimate of drug-likeness (QED) is 0.383. The van der Waals surface area contributed by atoms with Crippen molar-refractivity contribution < 1.29 is 22.1 Å². The first-order valence-corrected chi connectivity index (χ1v) is 11.4. The lowest BCUT2D eigenvalue weighted by Crippen LogP contribution is -2.39. The smallest absolute Gasteiger partial charge is 0.339 e. The van der Waals surface area contributed by atoms with Crippen LogP contribution in [0.25, 0.3) is 0 Å². The summed E-state index contributed by atoms with van der Waals surface area (Å²) in [5, 5.41) is 3.24. The minimum atomic E-state index is -3.90. The van der Waals surface area contributed by atoms with Gasteiger partial charge in [-0.15, -0.1) is 0 Å². The van der Waals surface area contributed by atoms with Crippen LogP contribution in [0.1, 0.15) is 18.1 Å². The summed E-state index contributed by atoms with van der Waals surface area (Å²) in [5.74, 6) is -0.122. The predicted molar refractivity (Wildman–Crippen MR) is 118 cm³/mol. The molecule has 0 unspecified atom stereocenters. The average Bonchev–Trinajstić information content (AvgIpc) is 2.79. The van der Waals surface area contributed by atoms with Crippen molar-refractivity contribution in [2.45, 2.75) is 30.8 Å². The minimum Gasteiger partial charge on any atom is -0.465 e. The molecule has 0 aromatic heterocycles. The highest BCUT2D eigenvalue weighted by molar-refractivity contribution is 7.87. The topological polar surface area (TPSA) is 81.7 Å². The Bertz CT molecular complexity index is 1070. The van der Waals surface area contributed by atoms with E-state index in [-0.39, 0.29) is 16.6 Å². The molecular weight excluding hydrogens is 414 g/mol. The Morgan fingerprint density at radius 2 is 1.48 bits per heavy atom. The fourth-order valence-corrected chi connectivity index (χ4v) is 3.95. The highest BCUT2D eigenvalue weighted by atomic mass is 32.2. The fraction of sp³-hybridized carbons (Fsp3) is 0.208. The van der Waals surface area contributed by atoms with Crippen molar-refractivity contribution in [3.05, 3.63) is 96.1 Å². The van der Waals surface area contributed by atoms with Gasteiger partial charge in [-0.25, -0.2) is 0 Å². The summed E-state index contributed by atoms with van der Waals surface area (Å²) in [6, 6.07) is 23.9. The number of carbonyl (C=O) groups excluding carboxylic acids is 1. The van der Waals surface area contributed by atoms with Gasteiger partial charge in [0.25, 0.3) is 0 Å². The van der Waals surface area contributed by atoms with Crippen molar-refractivity contribution in [2.24, 2.45) is 0 Å². The second-order valence-electron chi connectivity index (χ2n) is 6.87. The maximum Gasteiger partial charge on any atom is 0.339 e. The molecule has 0 amide bonds. The van der Waals surface area contributed by atoms with Crippen LogP contribution < -0.4 is 9.50 Å². The zero-order valence-corrected chi connectivity index (χ0v) is 18.0. The van der Waals surface area contributed by atoms with E-state index in [4.69, 9.17) is 8.92 Å². The van der Waals surface area contributed by atoms with Crippen LogP contribution in [-0.2, 0) is 32.6 Å². The molecule has 0 fully saturated rings. The van der Waals surface area contributed by atoms with Gasteiger partial charge in [0, 0.05) is 6.54 Å². The molecule has 0 bridgehead atoms. The molecular formula is C24H25NO5S. The van der Waals surface area contributed by atoms with E-state index in [0.29, 0.717) is 19.6 Å². The average molecular weight is 440 g/mol. The van der Waals surface area contributed by atoms with Gasteiger partial charge in [0.1, 0.15) is 16.7 Å². The number of hydrogen-bond donors (Lipinski definition) is 1. The van der Waals surface area contributed by atoms with Gasteiger partial charge in [-0.2, -0.15) is 8.42 Å². The van der Waals surface area contributed by atoms with E-state index in [1.807, 2.05) is 30.3 Å². The fourth-order valence-electron chi connectivity index (χ4n) is 3.00. The third kappa shape index (κ3) is 6.67. The van der Waals surface area contributed by atoms with E-state index in [1.54, 1.807) is 49.4 Å². The van der Waals surface area contributed by atoms with Crippen LogP contribution in [-0.4, -0.2) is 27.0 Å². The van der Waals surface area contributed by atoms with E-state index in [0.717, 1.165) is 11.1 Å². The third-order valence-corrected chi connectivity index (χ3v) is 5.83. The first kappa shape index (κ1) is 22.5. The summed E-state index contributed by atoms with van der Waals surface area (Å²) in [4.78, 5) is 12.5. The van der Waals surface area contributed by atoms with Crippen LogP contribution in [0.5, 0.6) is 5.75 Å². The Morgan fingerprint density at radius 1 is 0.871 bits per heavy atom. The number of rotatable bonds is 10.